The molecule has 43 heavy (non-hydrogen) atoms. The number of benzene rings is 2. The summed E-state index contributed by atoms with van der Waals surface area (Å²) in [6.07, 6.45) is -2.18. The fourth-order valence-electron chi connectivity index (χ4n) is 5.64. The van der Waals surface area contributed by atoms with Gasteiger partial charge in [0.15, 0.2) is 0 Å². The lowest BCUT2D eigenvalue weighted by Gasteiger charge is -2.34. The van der Waals surface area contributed by atoms with Gasteiger partial charge in [0.25, 0.3) is 0 Å². The Morgan fingerprint density at radius 1 is 1.02 bits per heavy atom. The second-order valence-corrected chi connectivity index (χ2v) is 10.8. The SMILES string of the molecule is CCN1CCN(Cc2ccc(Nc3ncc4ccn(-c5cc(F)c(C6CNCCO6)c(F)c5)c4n3)cc2C(F)(F)F)CC1. The van der Waals surface area contributed by atoms with Crippen LogP contribution in [0.4, 0.5) is 33.6 Å². The molecule has 8 nitrogen and oxygen atoms in total. The van der Waals surface area contributed by atoms with Gasteiger partial charge >= 0.3 is 6.18 Å². The molecule has 4 aromatic rings. The van der Waals surface area contributed by atoms with Crippen LogP contribution in [0, 0.1) is 11.6 Å². The number of anilines is 2. The fourth-order valence-corrected chi connectivity index (χ4v) is 5.64. The van der Waals surface area contributed by atoms with E-state index in [4.69, 9.17) is 4.74 Å². The number of hydrogen-bond acceptors (Lipinski definition) is 7. The van der Waals surface area contributed by atoms with Crippen molar-refractivity contribution in [3.8, 4) is 5.69 Å². The molecular formula is C30H32F5N7O. The molecule has 1 atom stereocenters. The zero-order valence-electron chi connectivity index (χ0n) is 23.6. The van der Waals surface area contributed by atoms with Crippen LogP contribution in [0.1, 0.15) is 29.7 Å². The average molecular weight is 602 g/mol. The van der Waals surface area contributed by atoms with Crippen LogP contribution in [0.25, 0.3) is 16.7 Å². The number of halogens is 5. The van der Waals surface area contributed by atoms with Gasteiger partial charge in [-0.25, -0.2) is 13.8 Å². The molecule has 2 N–H and O–H groups in total. The molecule has 0 bridgehead atoms. The summed E-state index contributed by atoms with van der Waals surface area (Å²) in [7, 11) is 0. The summed E-state index contributed by atoms with van der Waals surface area (Å²) in [5, 5.41) is 6.52. The molecule has 6 rings (SSSR count). The number of ether oxygens (including phenoxy) is 1. The van der Waals surface area contributed by atoms with Crippen molar-refractivity contribution in [3.63, 3.8) is 0 Å². The highest BCUT2D eigenvalue weighted by Gasteiger charge is 2.34. The molecule has 0 radical (unpaired) electrons. The number of alkyl halides is 3. The molecule has 228 valence electrons. The van der Waals surface area contributed by atoms with Gasteiger partial charge in [-0.05, 0) is 42.4 Å². The van der Waals surface area contributed by atoms with E-state index in [9.17, 15) is 13.2 Å². The van der Waals surface area contributed by atoms with Crippen LogP contribution in [0.15, 0.2) is 48.8 Å². The topological polar surface area (TPSA) is 70.5 Å². The minimum Gasteiger partial charge on any atom is -0.371 e. The normalized spacial score (nSPS) is 18.8. The van der Waals surface area contributed by atoms with Gasteiger partial charge < -0.3 is 24.8 Å². The Morgan fingerprint density at radius 2 is 1.77 bits per heavy atom. The van der Waals surface area contributed by atoms with Crippen molar-refractivity contribution in [3.05, 3.63) is 77.1 Å². The highest BCUT2D eigenvalue weighted by molar-refractivity contribution is 5.79. The molecule has 4 heterocycles. The second-order valence-electron chi connectivity index (χ2n) is 10.8. The molecule has 2 aromatic heterocycles. The van der Waals surface area contributed by atoms with E-state index < -0.39 is 29.5 Å². The minimum absolute atomic E-state index is 0.0447. The Balaban J connectivity index is 1.25. The van der Waals surface area contributed by atoms with Crippen molar-refractivity contribution in [2.45, 2.75) is 25.7 Å². The van der Waals surface area contributed by atoms with Gasteiger partial charge in [0, 0.05) is 69.3 Å². The lowest BCUT2D eigenvalue weighted by Crippen LogP contribution is -2.45. The molecule has 2 aromatic carbocycles. The maximum atomic E-state index is 15.1. The van der Waals surface area contributed by atoms with E-state index in [1.807, 2.05) is 4.90 Å². The molecule has 0 saturated carbocycles. The molecule has 2 fully saturated rings. The molecule has 2 saturated heterocycles. The Labute approximate surface area is 245 Å². The molecule has 2 aliphatic heterocycles. The summed E-state index contributed by atoms with van der Waals surface area (Å²) in [5.41, 5.74) is 0.0470. The van der Waals surface area contributed by atoms with Gasteiger partial charge in [-0.15, -0.1) is 0 Å². The first-order valence-electron chi connectivity index (χ1n) is 14.3. The maximum absolute atomic E-state index is 15.1. The number of aromatic nitrogens is 3. The van der Waals surface area contributed by atoms with Crippen LogP contribution in [0.2, 0.25) is 0 Å². The first kappa shape index (κ1) is 29.4. The summed E-state index contributed by atoms with van der Waals surface area (Å²) < 4.78 is 79.5. The Hall–Kier alpha value is -3.65. The Bertz CT molecular complexity index is 1570. The highest BCUT2D eigenvalue weighted by Crippen LogP contribution is 2.35. The standard InChI is InChI=1S/C30H32F5N7O/c1-2-40-8-10-41(11-9-40)18-20-3-4-21(13-23(20)30(33,34)35)38-29-37-16-19-5-7-42(28(19)39-29)22-14-24(31)27(25(32)15-22)26-17-36-6-12-43-26/h3-5,7,13-16,26,36H,2,6,8-12,17-18H2,1H3,(H,37,38,39). The average Bonchev–Trinajstić information content (AvgIpc) is 3.41. The van der Waals surface area contributed by atoms with Crippen LogP contribution >= 0.6 is 0 Å². The summed E-state index contributed by atoms with van der Waals surface area (Å²) in [6, 6.07) is 8.23. The molecule has 0 aliphatic carbocycles. The fraction of sp³-hybridized carbons (Fsp3) is 0.400. The largest absolute Gasteiger partial charge is 0.416 e. The third kappa shape index (κ3) is 6.35. The summed E-state index contributed by atoms with van der Waals surface area (Å²) in [5.74, 6) is -1.45. The van der Waals surface area contributed by atoms with E-state index in [0.29, 0.717) is 43.8 Å². The number of hydrogen-bond donors (Lipinski definition) is 2. The lowest BCUT2D eigenvalue weighted by atomic mass is 10.0. The smallest absolute Gasteiger partial charge is 0.371 e. The number of nitrogens with one attached hydrogen (secondary N) is 2. The predicted octanol–water partition coefficient (Wildman–Crippen LogP) is 5.26. The van der Waals surface area contributed by atoms with Gasteiger partial charge in [-0.1, -0.05) is 13.0 Å². The number of piperazine rings is 1. The van der Waals surface area contributed by atoms with Crippen molar-refractivity contribution in [1.82, 2.24) is 29.7 Å². The van der Waals surface area contributed by atoms with Gasteiger partial charge in [0.1, 0.15) is 23.4 Å². The zero-order chi connectivity index (χ0) is 30.1. The predicted molar refractivity (Wildman–Crippen MR) is 152 cm³/mol. The van der Waals surface area contributed by atoms with Gasteiger partial charge in [0.05, 0.1) is 23.4 Å². The molecule has 0 spiro atoms. The second kappa shape index (κ2) is 12.2. The first-order valence-corrected chi connectivity index (χ1v) is 14.3. The van der Waals surface area contributed by atoms with Crippen molar-refractivity contribution >= 4 is 22.7 Å². The minimum atomic E-state index is -4.54. The van der Waals surface area contributed by atoms with Gasteiger partial charge in [-0.3, -0.25) is 4.90 Å². The summed E-state index contributed by atoms with van der Waals surface area (Å²) in [4.78, 5) is 13.0. The lowest BCUT2D eigenvalue weighted by molar-refractivity contribution is -0.138. The van der Waals surface area contributed by atoms with E-state index >= 15 is 8.78 Å². The Kier molecular flexibility index (Phi) is 8.32. The third-order valence-corrected chi connectivity index (χ3v) is 8.00. The number of likely N-dealkylation sites (N-methyl/N-ethyl adjacent to an activating group) is 1. The summed E-state index contributed by atoms with van der Waals surface area (Å²) in [6.45, 7) is 7.54. The number of rotatable bonds is 7. The third-order valence-electron chi connectivity index (χ3n) is 8.00. The zero-order valence-corrected chi connectivity index (χ0v) is 23.6. The van der Waals surface area contributed by atoms with Crippen LogP contribution < -0.4 is 10.6 Å². The van der Waals surface area contributed by atoms with Gasteiger partial charge in [0.2, 0.25) is 5.95 Å². The van der Waals surface area contributed by atoms with E-state index in [0.717, 1.165) is 25.7 Å². The number of morpholine rings is 1. The summed E-state index contributed by atoms with van der Waals surface area (Å²) >= 11 is 0. The van der Waals surface area contributed by atoms with E-state index in [-0.39, 0.29) is 35.0 Å². The highest BCUT2D eigenvalue weighted by atomic mass is 19.4. The molecule has 2 aliphatic rings. The van der Waals surface area contributed by atoms with E-state index in [1.54, 1.807) is 18.3 Å². The number of nitrogens with zero attached hydrogens (tertiary/aromatic N) is 5. The van der Waals surface area contributed by atoms with E-state index in [1.165, 1.54) is 29.0 Å². The maximum Gasteiger partial charge on any atom is 0.416 e. The van der Waals surface area contributed by atoms with Gasteiger partial charge in [-0.2, -0.15) is 18.2 Å². The van der Waals surface area contributed by atoms with Crippen LogP contribution in [0.3, 0.4) is 0 Å². The molecule has 0 amide bonds. The molecular weight excluding hydrogens is 569 g/mol. The van der Waals surface area contributed by atoms with Crippen LogP contribution in [-0.4, -0.2) is 76.8 Å². The van der Waals surface area contributed by atoms with Crippen LogP contribution in [0.5, 0.6) is 0 Å². The molecule has 13 heteroatoms. The quantitative estimate of drug-likeness (QED) is 0.280. The van der Waals surface area contributed by atoms with E-state index in [2.05, 4.69) is 32.4 Å². The first-order chi connectivity index (χ1) is 20.7. The van der Waals surface area contributed by atoms with Crippen molar-refractivity contribution in [1.29, 1.82) is 0 Å². The number of fused-ring (bicyclic) bond motifs is 1. The molecule has 1 unspecified atom stereocenters. The van der Waals surface area contributed by atoms with Crippen molar-refractivity contribution < 1.29 is 26.7 Å². The Morgan fingerprint density at radius 3 is 2.44 bits per heavy atom. The van der Waals surface area contributed by atoms with Crippen molar-refractivity contribution in [2.75, 3.05) is 57.7 Å². The van der Waals surface area contributed by atoms with Crippen LogP contribution in [-0.2, 0) is 17.5 Å². The van der Waals surface area contributed by atoms with Crippen molar-refractivity contribution in [2.24, 2.45) is 0 Å². The monoisotopic (exact) mass is 601 g/mol.